The summed E-state index contributed by atoms with van der Waals surface area (Å²) in [5, 5.41) is 5.25. The number of aromatic nitrogens is 1. The van der Waals surface area contributed by atoms with Gasteiger partial charge in [-0.3, -0.25) is 4.98 Å². The minimum atomic E-state index is 0.256. The predicted molar refractivity (Wildman–Crippen MR) is 78.1 cm³/mol. The third kappa shape index (κ3) is 2.74. The summed E-state index contributed by atoms with van der Waals surface area (Å²) in [6, 6.07) is 7.96. The monoisotopic (exact) mass is 263 g/mol. The lowest BCUT2D eigenvalue weighted by Gasteiger charge is -2.22. The molecule has 96 valence electrons. The van der Waals surface area contributed by atoms with Crippen molar-refractivity contribution in [3.8, 4) is 0 Å². The van der Waals surface area contributed by atoms with E-state index in [-0.39, 0.29) is 6.04 Å². The Balaban J connectivity index is 2.39. The molecule has 1 aromatic heterocycles. The van der Waals surface area contributed by atoms with Crippen LogP contribution in [-0.4, -0.2) is 17.6 Å². The van der Waals surface area contributed by atoms with Crippen molar-refractivity contribution in [1.82, 2.24) is 4.98 Å². The normalized spacial score (nSPS) is 12.9. The molecule has 0 aliphatic rings. The summed E-state index contributed by atoms with van der Waals surface area (Å²) >= 11 is 5.97. The number of hydrogen-bond donors (Lipinski definition) is 2. The highest BCUT2D eigenvalue weighted by atomic mass is 35.5. The van der Waals surface area contributed by atoms with E-state index < -0.39 is 0 Å². The van der Waals surface area contributed by atoms with Crippen LogP contribution in [0.1, 0.15) is 13.8 Å². The average molecular weight is 264 g/mol. The molecule has 0 amide bonds. The lowest BCUT2D eigenvalue weighted by Crippen LogP contribution is -2.33. The third-order valence-electron chi connectivity index (χ3n) is 3.10. The first-order valence-corrected chi connectivity index (χ1v) is 6.50. The van der Waals surface area contributed by atoms with Gasteiger partial charge in [0.05, 0.1) is 5.52 Å². The summed E-state index contributed by atoms with van der Waals surface area (Å²) in [5.41, 5.74) is 7.74. The Kier molecular flexibility index (Phi) is 4.04. The van der Waals surface area contributed by atoms with Crippen LogP contribution >= 0.6 is 11.6 Å². The van der Waals surface area contributed by atoms with Gasteiger partial charge in [-0.2, -0.15) is 0 Å². The van der Waals surface area contributed by atoms with Crippen molar-refractivity contribution in [2.75, 3.05) is 11.9 Å². The zero-order chi connectivity index (χ0) is 13.1. The van der Waals surface area contributed by atoms with Gasteiger partial charge in [0.2, 0.25) is 0 Å². The van der Waals surface area contributed by atoms with Crippen molar-refractivity contribution in [3.05, 3.63) is 35.5 Å². The molecule has 0 aliphatic heterocycles. The Morgan fingerprint density at radius 2 is 2.11 bits per heavy atom. The number of pyridine rings is 1. The number of hydrogen-bond acceptors (Lipinski definition) is 3. The standard InChI is InChI=1S/C14H18ClN3/c1-9(2)14(8-16)18-12-5-6-17-13-7-10(15)3-4-11(12)13/h3-7,9,14H,8,16H2,1-2H3,(H,17,18). The molecule has 0 bridgehead atoms. The Morgan fingerprint density at radius 1 is 1.33 bits per heavy atom. The maximum absolute atomic E-state index is 5.97. The van der Waals surface area contributed by atoms with Crippen molar-refractivity contribution >= 4 is 28.2 Å². The van der Waals surface area contributed by atoms with Crippen LogP contribution in [0.4, 0.5) is 5.69 Å². The lowest BCUT2D eigenvalue weighted by atomic mass is 10.0. The first kappa shape index (κ1) is 13.1. The smallest absolute Gasteiger partial charge is 0.0737 e. The largest absolute Gasteiger partial charge is 0.380 e. The van der Waals surface area contributed by atoms with Crippen molar-refractivity contribution in [2.45, 2.75) is 19.9 Å². The van der Waals surface area contributed by atoms with Crippen LogP contribution in [0, 0.1) is 5.92 Å². The van der Waals surface area contributed by atoms with Gasteiger partial charge < -0.3 is 11.1 Å². The maximum Gasteiger partial charge on any atom is 0.0737 e. The van der Waals surface area contributed by atoms with Gasteiger partial charge in [0.25, 0.3) is 0 Å². The second-order valence-electron chi connectivity index (χ2n) is 4.75. The minimum absolute atomic E-state index is 0.256. The van der Waals surface area contributed by atoms with Gasteiger partial charge >= 0.3 is 0 Å². The number of halogens is 1. The molecule has 4 heteroatoms. The van der Waals surface area contributed by atoms with Gasteiger partial charge in [0.15, 0.2) is 0 Å². The molecule has 0 spiro atoms. The Labute approximate surface area is 112 Å². The molecule has 2 aromatic rings. The molecule has 0 fully saturated rings. The SMILES string of the molecule is CC(C)C(CN)Nc1ccnc2cc(Cl)ccc12. The molecule has 1 unspecified atom stereocenters. The summed E-state index contributed by atoms with van der Waals surface area (Å²) < 4.78 is 0. The maximum atomic E-state index is 5.97. The van der Waals surface area contributed by atoms with E-state index in [0.717, 1.165) is 16.6 Å². The van der Waals surface area contributed by atoms with E-state index >= 15 is 0 Å². The van der Waals surface area contributed by atoms with E-state index in [1.807, 2.05) is 24.3 Å². The quantitative estimate of drug-likeness (QED) is 0.890. The van der Waals surface area contributed by atoms with E-state index in [9.17, 15) is 0 Å². The molecule has 0 saturated heterocycles. The predicted octanol–water partition coefficient (Wildman–Crippen LogP) is 3.28. The van der Waals surface area contributed by atoms with Gasteiger partial charge in [0.1, 0.15) is 0 Å². The van der Waals surface area contributed by atoms with E-state index in [1.165, 1.54) is 0 Å². The minimum Gasteiger partial charge on any atom is -0.380 e. The van der Waals surface area contributed by atoms with Crippen LogP contribution in [-0.2, 0) is 0 Å². The fraction of sp³-hybridized carbons (Fsp3) is 0.357. The van der Waals surface area contributed by atoms with E-state index in [4.69, 9.17) is 17.3 Å². The van der Waals surface area contributed by atoms with Crippen LogP contribution < -0.4 is 11.1 Å². The third-order valence-corrected chi connectivity index (χ3v) is 3.34. The van der Waals surface area contributed by atoms with E-state index in [0.29, 0.717) is 17.5 Å². The number of fused-ring (bicyclic) bond motifs is 1. The van der Waals surface area contributed by atoms with Crippen LogP contribution in [0.2, 0.25) is 5.02 Å². The molecule has 18 heavy (non-hydrogen) atoms. The molecular weight excluding hydrogens is 246 g/mol. The fourth-order valence-corrected chi connectivity index (χ4v) is 2.11. The lowest BCUT2D eigenvalue weighted by molar-refractivity contribution is 0.532. The Morgan fingerprint density at radius 3 is 2.78 bits per heavy atom. The zero-order valence-corrected chi connectivity index (χ0v) is 11.4. The highest BCUT2D eigenvalue weighted by molar-refractivity contribution is 6.31. The van der Waals surface area contributed by atoms with Crippen LogP contribution in [0.15, 0.2) is 30.5 Å². The van der Waals surface area contributed by atoms with Crippen LogP contribution in [0.25, 0.3) is 10.9 Å². The number of nitrogens with zero attached hydrogens (tertiary/aromatic N) is 1. The van der Waals surface area contributed by atoms with Gasteiger partial charge in [-0.05, 0) is 30.2 Å². The number of rotatable bonds is 4. The second kappa shape index (κ2) is 5.55. The molecule has 3 N–H and O–H groups in total. The number of nitrogens with one attached hydrogen (secondary N) is 1. The van der Waals surface area contributed by atoms with Crippen molar-refractivity contribution in [3.63, 3.8) is 0 Å². The summed E-state index contributed by atoms with van der Waals surface area (Å²) in [6.07, 6.45) is 1.79. The van der Waals surface area contributed by atoms with E-state index in [1.54, 1.807) is 6.20 Å². The molecule has 1 atom stereocenters. The topological polar surface area (TPSA) is 50.9 Å². The van der Waals surface area contributed by atoms with Gasteiger partial charge in [0, 0.05) is 34.9 Å². The average Bonchev–Trinajstić information content (AvgIpc) is 2.35. The zero-order valence-electron chi connectivity index (χ0n) is 10.7. The van der Waals surface area contributed by atoms with Gasteiger partial charge in [-0.15, -0.1) is 0 Å². The van der Waals surface area contributed by atoms with Gasteiger partial charge in [-0.1, -0.05) is 25.4 Å². The van der Waals surface area contributed by atoms with Crippen molar-refractivity contribution < 1.29 is 0 Å². The molecule has 0 saturated carbocycles. The second-order valence-corrected chi connectivity index (χ2v) is 5.19. The molecule has 0 radical (unpaired) electrons. The molecule has 3 nitrogen and oxygen atoms in total. The molecule has 2 rings (SSSR count). The first-order valence-electron chi connectivity index (χ1n) is 6.12. The highest BCUT2D eigenvalue weighted by Gasteiger charge is 2.12. The molecule has 1 aromatic carbocycles. The molecule has 0 aliphatic carbocycles. The fourth-order valence-electron chi connectivity index (χ4n) is 1.94. The number of benzene rings is 1. The summed E-state index contributed by atoms with van der Waals surface area (Å²) in [7, 11) is 0. The van der Waals surface area contributed by atoms with Gasteiger partial charge in [-0.25, -0.2) is 0 Å². The number of anilines is 1. The van der Waals surface area contributed by atoms with E-state index in [2.05, 4.69) is 24.1 Å². The Hall–Kier alpha value is -1.32. The van der Waals surface area contributed by atoms with Crippen molar-refractivity contribution in [2.24, 2.45) is 11.7 Å². The van der Waals surface area contributed by atoms with Crippen LogP contribution in [0.5, 0.6) is 0 Å². The summed E-state index contributed by atoms with van der Waals surface area (Å²) in [5.74, 6) is 0.477. The Bertz CT molecular complexity index is 540. The summed E-state index contributed by atoms with van der Waals surface area (Å²) in [6.45, 7) is 4.92. The molecular formula is C14H18ClN3. The number of nitrogens with two attached hydrogens (primary N) is 1. The van der Waals surface area contributed by atoms with Crippen molar-refractivity contribution in [1.29, 1.82) is 0 Å². The first-order chi connectivity index (χ1) is 8.61. The molecule has 1 heterocycles. The summed E-state index contributed by atoms with van der Waals surface area (Å²) in [4.78, 5) is 4.32. The van der Waals surface area contributed by atoms with Crippen LogP contribution in [0.3, 0.4) is 0 Å². The highest BCUT2D eigenvalue weighted by Crippen LogP contribution is 2.25.